The molecule has 1 atom stereocenters. The van der Waals surface area contributed by atoms with Crippen LogP contribution >= 0.6 is 0 Å². The Morgan fingerprint density at radius 1 is 1.03 bits per heavy atom. The van der Waals surface area contributed by atoms with Crippen molar-refractivity contribution >= 4 is 27.5 Å². The van der Waals surface area contributed by atoms with Gasteiger partial charge in [-0.1, -0.05) is 18.2 Å². The minimum Gasteiger partial charge on any atom is -0.341 e. The van der Waals surface area contributed by atoms with Gasteiger partial charge in [0.1, 0.15) is 11.4 Å². The van der Waals surface area contributed by atoms with Gasteiger partial charge in [-0.3, -0.25) is 14.3 Å². The van der Waals surface area contributed by atoms with Gasteiger partial charge in [-0.25, -0.2) is 8.42 Å². The highest BCUT2D eigenvalue weighted by atomic mass is 32.2. The lowest BCUT2D eigenvalue weighted by Gasteiger charge is -2.33. The number of piperidine rings is 1. The molecule has 188 valence electrons. The van der Waals surface area contributed by atoms with Gasteiger partial charge in [0.05, 0.1) is 17.3 Å². The molecule has 2 saturated heterocycles. The van der Waals surface area contributed by atoms with Crippen LogP contribution in [-0.4, -0.2) is 71.9 Å². The lowest BCUT2D eigenvalue weighted by atomic mass is 9.98. The number of aryl methyl sites for hydroxylation is 1. The topological polar surface area (TPSA) is 95.8 Å². The summed E-state index contributed by atoms with van der Waals surface area (Å²) >= 11 is 0. The lowest BCUT2D eigenvalue weighted by molar-refractivity contribution is -0.131. The van der Waals surface area contributed by atoms with Crippen LogP contribution < -0.4 is 4.90 Å². The van der Waals surface area contributed by atoms with Crippen LogP contribution in [0, 0.1) is 19.8 Å². The summed E-state index contributed by atoms with van der Waals surface area (Å²) in [5.41, 5.74) is 2.95. The van der Waals surface area contributed by atoms with Crippen molar-refractivity contribution in [2.45, 2.75) is 57.4 Å². The van der Waals surface area contributed by atoms with E-state index in [1.54, 1.807) is 13.8 Å². The van der Waals surface area contributed by atoms with Crippen LogP contribution in [0.3, 0.4) is 0 Å². The SMILES string of the molecule is Cc1nn(CC(=O)N2CCCC2)c(C)c1S(=O)(=O)N1CCC[C@H](C(=O)N2CCc3ccccc32)C1. The van der Waals surface area contributed by atoms with Crippen LogP contribution in [0.1, 0.15) is 42.6 Å². The van der Waals surface area contributed by atoms with E-state index in [0.717, 1.165) is 43.6 Å². The molecular formula is C25H33N5O4S. The lowest BCUT2D eigenvalue weighted by Crippen LogP contribution is -2.46. The standard InChI is InChI=1S/C25H33N5O4S/c1-18-24(19(2)30(26-18)17-23(31)27-12-5-6-13-27)35(33,34)28-14-7-9-21(16-28)25(32)29-15-11-20-8-3-4-10-22(20)29/h3-4,8,10,21H,5-7,9,11-17H2,1-2H3/t21-/m0/s1. The fourth-order valence-corrected chi connectivity index (χ4v) is 7.58. The number of para-hydroxylation sites is 1. The number of carbonyl (C=O) groups excluding carboxylic acids is 2. The molecule has 0 unspecified atom stereocenters. The zero-order valence-electron chi connectivity index (χ0n) is 20.4. The predicted octanol–water partition coefficient (Wildman–Crippen LogP) is 2.11. The Kier molecular flexibility index (Phi) is 6.43. The van der Waals surface area contributed by atoms with Gasteiger partial charge in [0.25, 0.3) is 0 Å². The average Bonchev–Trinajstić information content (AvgIpc) is 3.58. The quantitative estimate of drug-likeness (QED) is 0.628. The summed E-state index contributed by atoms with van der Waals surface area (Å²) in [6.07, 6.45) is 4.13. The fourth-order valence-electron chi connectivity index (χ4n) is 5.68. The molecule has 0 bridgehead atoms. The second-order valence-corrected chi connectivity index (χ2v) is 11.7. The van der Waals surface area contributed by atoms with Crippen LogP contribution in [0.4, 0.5) is 5.69 Å². The van der Waals surface area contributed by atoms with E-state index < -0.39 is 10.0 Å². The Hall–Kier alpha value is -2.72. The normalized spacial score (nSPS) is 20.9. The zero-order chi connectivity index (χ0) is 24.7. The van der Waals surface area contributed by atoms with Crippen LogP contribution in [0.2, 0.25) is 0 Å². The second-order valence-electron chi connectivity index (χ2n) is 9.82. The van der Waals surface area contributed by atoms with Gasteiger partial charge in [0, 0.05) is 38.4 Å². The molecule has 10 heteroatoms. The van der Waals surface area contributed by atoms with Crippen LogP contribution in [-0.2, 0) is 32.6 Å². The summed E-state index contributed by atoms with van der Waals surface area (Å²) in [7, 11) is -3.85. The summed E-state index contributed by atoms with van der Waals surface area (Å²) in [4.78, 5) is 29.8. The number of likely N-dealkylation sites (tertiary alicyclic amines) is 1. The van der Waals surface area contributed by atoms with E-state index in [-0.39, 0.29) is 35.7 Å². The molecule has 5 rings (SSSR count). The first-order valence-corrected chi connectivity index (χ1v) is 13.9. The van der Waals surface area contributed by atoms with E-state index in [0.29, 0.717) is 37.3 Å². The molecule has 2 fully saturated rings. The molecule has 3 aliphatic rings. The summed E-state index contributed by atoms with van der Waals surface area (Å²) in [6.45, 7) is 6.08. The summed E-state index contributed by atoms with van der Waals surface area (Å²) in [6, 6.07) is 7.91. The van der Waals surface area contributed by atoms with Gasteiger partial charge < -0.3 is 9.80 Å². The molecular weight excluding hydrogens is 466 g/mol. The molecule has 0 spiro atoms. The number of anilines is 1. The largest absolute Gasteiger partial charge is 0.341 e. The maximum Gasteiger partial charge on any atom is 0.246 e. The summed E-state index contributed by atoms with van der Waals surface area (Å²) < 4.78 is 30.4. The molecule has 9 nitrogen and oxygen atoms in total. The Bertz CT molecular complexity index is 1250. The summed E-state index contributed by atoms with van der Waals surface area (Å²) in [5, 5.41) is 4.41. The third-order valence-electron chi connectivity index (χ3n) is 7.54. The summed E-state index contributed by atoms with van der Waals surface area (Å²) in [5.74, 6) is -0.418. The average molecular weight is 500 g/mol. The van der Waals surface area contributed by atoms with Crippen molar-refractivity contribution in [1.82, 2.24) is 19.0 Å². The fraction of sp³-hybridized carbons (Fsp3) is 0.560. The Morgan fingerprint density at radius 3 is 2.54 bits per heavy atom. The third kappa shape index (κ3) is 4.38. The van der Waals surface area contributed by atoms with Gasteiger partial charge >= 0.3 is 0 Å². The maximum absolute atomic E-state index is 13.7. The number of fused-ring (bicyclic) bond motifs is 1. The molecule has 3 aliphatic heterocycles. The minimum atomic E-state index is -3.85. The maximum atomic E-state index is 13.7. The number of benzene rings is 1. The van der Waals surface area contributed by atoms with E-state index >= 15 is 0 Å². The van der Waals surface area contributed by atoms with Crippen molar-refractivity contribution in [3.8, 4) is 0 Å². The van der Waals surface area contributed by atoms with Crippen molar-refractivity contribution in [2.75, 3.05) is 37.6 Å². The molecule has 2 aromatic rings. The van der Waals surface area contributed by atoms with E-state index in [4.69, 9.17) is 0 Å². The highest BCUT2D eigenvalue weighted by Crippen LogP contribution is 2.33. The Labute approximate surface area is 206 Å². The number of carbonyl (C=O) groups is 2. The Morgan fingerprint density at radius 2 is 1.77 bits per heavy atom. The molecule has 0 saturated carbocycles. The minimum absolute atomic E-state index is 0.00445. The van der Waals surface area contributed by atoms with E-state index in [9.17, 15) is 18.0 Å². The molecule has 1 aromatic heterocycles. The predicted molar refractivity (Wildman–Crippen MR) is 131 cm³/mol. The number of rotatable bonds is 5. The number of hydrogen-bond donors (Lipinski definition) is 0. The molecule has 2 amide bonds. The van der Waals surface area contributed by atoms with E-state index in [1.165, 1.54) is 8.99 Å². The van der Waals surface area contributed by atoms with Crippen molar-refractivity contribution in [3.05, 3.63) is 41.2 Å². The molecule has 4 heterocycles. The van der Waals surface area contributed by atoms with E-state index in [2.05, 4.69) is 5.10 Å². The molecule has 1 aromatic carbocycles. The van der Waals surface area contributed by atoms with Gasteiger partial charge in [-0.05, 0) is 57.6 Å². The molecule has 0 radical (unpaired) electrons. The number of hydrogen-bond acceptors (Lipinski definition) is 5. The van der Waals surface area contributed by atoms with Crippen LogP contribution in [0.5, 0.6) is 0 Å². The van der Waals surface area contributed by atoms with E-state index in [1.807, 2.05) is 34.1 Å². The first-order valence-electron chi connectivity index (χ1n) is 12.5. The monoisotopic (exact) mass is 499 g/mol. The van der Waals surface area contributed by atoms with Gasteiger partial charge in [0.2, 0.25) is 21.8 Å². The van der Waals surface area contributed by atoms with Crippen molar-refractivity contribution in [2.24, 2.45) is 5.92 Å². The number of amides is 2. The van der Waals surface area contributed by atoms with Crippen molar-refractivity contribution < 1.29 is 18.0 Å². The number of sulfonamides is 1. The number of nitrogens with zero attached hydrogens (tertiary/aromatic N) is 5. The third-order valence-corrected chi connectivity index (χ3v) is 9.66. The van der Waals surface area contributed by atoms with Crippen molar-refractivity contribution in [3.63, 3.8) is 0 Å². The molecule has 35 heavy (non-hydrogen) atoms. The first-order chi connectivity index (χ1) is 16.8. The van der Waals surface area contributed by atoms with Crippen LogP contribution in [0.25, 0.3) is 0 Å². The molecule has 0 N–H and O–H groups in total. The smallest absolute Gasteiger partial charge is 0.246 e. The van der Waals surface area contributed by atoms with Crippen molar-refractivity contribution in [1.29, 1.82) is 0 Å². The van der Waals surface area contributed by atoms with Crippen LogP contribution in [0.15, 0.2) is 29.2 Å². The highest BCUT2D eigenvalue weighted by Gasteiger charge is 2.39. The highest BCUT2D eigenvalue weighted by molar-refractivity contribution is 7.89. The second kappa shape index (κ2) is 9.39. The first kappa shape index (κ1) is 24.0. The zero-order valence-corrected chi connectivity index (χ0v) is 21.3. The molecule has 0 aliphatic carbocycles. The van der Waals surface area contributed by atoms with Gasteiger partial charge in [0.15, 0.2) is 0 Å². The van der Waals surface area contributed by atoms with Gasteiger partial charge in [-0.2, -0.15) is 9.40 Å². The number of aromatic nitrogens is 2. The Balaban J connectivity index is 1.34. The van der Waals surface area contributed by atoms with Gasteiger partial charge in [-0.15, -0.1) is 0 Å².